The van der Waals surface area contributed by atoms with Crippen LogP contribution in [0.15, 0.2) is 76.1 Å². The lowest BCUT2D eigenvalue weighted by molar-refractivity contribution is -0.0334. The number of hydrogen-bond donors (Lipinski definition) is 1. The zero-order valence-electron chi connectivity index (χ0n) is 19.3. The van der Waals surface area contributed by atoms with Gasteiger partial charge in [-0.25, -0.2) is 4.79 Å². The summed E-state index contributed by atoms with van der Waals surface area (Å²) in [7, 11) is 0. The first-order valence-electron chi connectivity index (χ1n) is 11.9. The highest BCUT2D eigenvalue weighted by molar-refractivity contribution is 5.46. The van der Waals surface area contributed by atoms with Crippen molar-refractivity contribution in [2.45, 2.75) is 19.2 Å². The maximum absolute atomic E-state index is 12.5. The fourth-order valence-electron chi connectivity index (χ4n) is 4.78. The van der Waals surface area contributed by atoms with Crippen molar-refractivity contribution in [3.63, 3.8) is 0 Å². The molecule has 2 fully saturated rings. The summed E-state index contributed by atoms with van der Waals surface area (Å²) < 4.78 is 11.3. The molecule has 1 aromatic heterocycles. The Hall–Kier alpha value is -3.13. The molecule has 0 amide bonds. The Bertz CT molecular complexity index is 1130. The topological polar surface area (TPSA) is 69.4 Å². The fourth-order valence-corrected chi connectivity index (χ4v) is 4.78. The molecular weight excluding hydrogens is 430 g/mol. The monoisotopic (exact) mass is 461 g/mol. The van der Waals surface area contributed by atoms with Crippen molar-refractivity contribution in [3.8, 4) is 5.75 Å². The van der Waals surface area contributed by atoms with Crippen LogP contribution in [0.4, 0.5) is 5.69 Å². The summed E-state index contributed by atoms with van der Waals surface area (Å²) in [5.74, 6) is 0.0597. The average molecular weight is 462 g/mol. The fraction of sp³-hybridized carbons (Fsp3) is 0.370. The molecule has 3 aromatic rings. The van der Waals surface area contributed by atoms with E-state index in [0.717, 1.165) is 31.7 Å². The molecule has 0 spiro atoms. The van der Waals surface area contributed by atoms with Crippen molar-refractivity contribution in [2.24, 2.45) is 0 Å². The molecule has 1 atom stereocenters. The van der Waals surface area contributed by atoms with Crippen LogP contribution < -0.4 is 10.5 Å². The molecule has 7 heteroatoms. The summed E-state index contributed by atoms with van der Waals surface area (Å²) in [5.41, 5.74) is 2.87. The van der Waals surface area contributed by atoms with Crippen LogP contribution in [0.5, 0.6) is 5.75 Å². The van der Waals surface area contributed by atoms with Crippen LogP contribution in [0.3, 0.4) is 0 Å². The smallest absolute Gasteiger partial charge is 0.343 e. The number of aromatic hydroxyl groups is 1. The lowest BCUT2D eigenvalue weighted by atomic mass is 10.1. The standard InChI is InChI=1S/C27H31N3O4/c31-26-22(17-28-11-13-30(14-12-28)23-9-5-2-6-10-23)20-34-27(32)24(26)18-29-15-16-33-25(19-29)21-7-3-1-4-8-21/h1-10,20,25,31H,11-19H2. The molecule has 2 aliphatic heterocycles. The molecule has 1 unspecified atom stereocenters. The molecule has 0 aliphatic carbocycles. The van der Waals surface area contributed by atoms with Crippen molar-refractivity contribution in [1.29, 1.82) is 0 Å². The van der Waals surface area contributed by atoms with E-state index < -0.39 is 5.63 Å². The highest BCUT2D eigenvalue weighted by Gasteiger charge is 2.25. The highest BCUT2D eigenvalue weighted by atomic mass is 16.5. The van der Waals surface area contributed by atoms with E-state index in [4.69, 9.17) is 9.15 Å². The van der Waals surface area contributed by atoms with Crippen molar-refractivity contribution in [1.82, 2.24) is 9.80 Å². The molecule has 178 valence electrons. The Kier molecular flexibility index (Phi) is 6.94. The molecule has 34 heavy (non-hydrogen) atoms. The Morgan fingerprint density at radius 1 is 0.853 bits per heavy atom. The summed E-state index contributed by atoms with van der Waals surface area (Å²) in [5, 5.41) is 11.0. The van der Waals surface area contributed by atoms with Gasteiger partial charge in [0, 0.05) is 63.6 Å². The van der Waals surface area contributed by atoms with Gasteiger partial charge in [-0.05, 0) is 17.7 Å². The number of para-hydroxylation sites is 1. The number of nitrogens with zero attached hydrogens (tertiary/aromatic N) is 3. The number of hydrogen-bond acceptors (Lipinski definition) is 7. The predicted molar refractivity (Wildman–Crippen MR) is 131 cm³/mol. The van der Waals surface area contributed by atoms with E-state index in [1.165, 1.54) is 12.0 Å². The van der Waals surface area contributed by atoms with E-state index in [1.54, 1.807) is 0 Å². The molecule has 5 rings (SSSR count). The maximum Gasteiger partial charge on any atom is 0.343 e. The van der Waals surface area contributed by atoms with Crippen molar-refractivity contribution < 1.29 is 14.3 Å². The molecule has 2 aromatic carbocycles. The normalized spacial score (nSPS) is 19.9. The molecule has 2 aliphatic rings. The highest BCUT2D eigenvalue weighted by Crippen LogP contribution is 2.27. The summed E-state index contributed by atoms with van der Waals surface area (Å²) in [6, 6.07) is 20.5. The van der Waals surface area contributed by atoms with Crippen LogP contribution in [0.2, 0.25) is 0 Å². The van der Waals surface area contributed by atoms with Crippen LogP contribution >= 0.6 is 0 Å². The Morgan fingerprint density at radius 2 is 1.56 bits per heavy atom. The van der Waals surface area contributed by atoms with Gasteiger partial charge in [0.2, 0.25) is 0 Å². The molecule has 2 saturated heterocycles. The summed E-state index contributed by atoms with van der Waals surface area (Å²) >= 11 is 0. The minimum absolute atomic E-state index is 0.0479. The summed E-state index contributed by atoms with van der Waals surface area (Å²) in [6.07, 6.45) is 1.37. The van der Waals surface area contributed by atoms with Crippen molar-refractivity contribution >= 4 is 5.69 Å². The number of benzene rings is 2. The largest absolute Gasteiger partial charge is 0.507 e. The first kappa shape index (κ1) is 22.7. The van der Waals surface area contributed by atoms with E-state index in [9.17, 15) is 9.90 Å². The molecule has 3 heterocycles. The van der Waals surface area contributed by atoms with Gasteiger partial charge in [-0.3, -0.25) is 9.80 Å². The Labute approximate surface area is 199 Å². The predicted octanol–water partition coefficient (Wildman–Crippen LogP) is 3.24. The minimum Gasteiger partial charge on any atom is -0.507 e. The van der Waals surface area contributed by atoms with Gasteiger partial charge in [0.05, 0.1) is 18.3 Å². The van der Waals surface area contributed by atoms with Gasteiger partial charge in [0.15, 0.2) is 0 Å². The minimum atomic E-state index is -0.474. The molecule has 0 bridgehead atoms. The van der Waals surface area contributed by atoms with Gasteiger partial charge >= 0.3 is 5.63 Å². The second-order valence-corrected chi connectivity index (χ2v) is 8.98. The molecule has 0 saturated carbocycles. The van der Waals surface area contributed by atoms with Gasteiger partial charge in [0.25, 0.3) is 0 Å². The van der Waals surface area contributed by atoms with Crippen LogP contribution in [-0.4, -0.2) is 60.8 Å². The van der Waals surface area contributed by atoms with Crippen molar-refractivity contribution in [2.75, 3.05) is 50.8 Å². The number of anilines is 1. The lowest BCUT2D eigenvalue weighted by Crippen LogP contribution is -2.46. The summed E-state index contributed by atoms with van der Waals surface area (Å²) in [4.78, 5) is 19.3. The quantitative estimate of drug-likeness (QED) is 0.604. The first-order chi connectivity index (χ1) is 16.7. The molecule has 7 nitrogen and oxygen atoms in total. The maximum atomic E-state index is 12.5. The second kappa shape index (κ2) is 10.4. The average Bonchev–Trinajstić information content (AvgIpc) is 2.90. The zero-order chi connectivity index (χ0) is 23.3. The van der Waals surface area contributed by atoms with E-state index >= 15 is 0 Å². The van der Waals surface area contributed by atoms with Crippen LogP contribution in [0, 0.1) is 0 Å². The lowest BCUT2D eigenvalue weighted by Gasteiger charge is -2.36. The first-order valence-corrected chi connectivity index (χ1v) is 11.9. The summed E-state index contributed by atoms with van der Waals surface area (Å²) in [6.45, 7) is 6.44. The Balaban J connectivity index is 1.23. The third kappa shape index (κ3) is 5.17. The molecule has 0 radical (unpaired) electrons. The van der Waals surface area contributed by atoms with Gasteiger partial charge in [-0.1, -0.05) is 48.5 Å². The number of piperazine rings is 1. The zero-order valence-corrected chi connectivity index (χ0v) is 19.3. The van der Waals surface area contributed by atoms with Crippen LogP contribution in [0.1, 0.15) is 22.8 Å². The van der Waals surface area contributed by atoms with Gasteiger partial charge in [-0.2, -0.15) is 0 Å². The van der Waals surface area contributed by atoms with E-state index in [2.05, 4.69) is 51.1 Å². The SMILES string of the molecule is O=c1occ(CN2CCN(c3ccccc3)CC2)c(O)c1CN1CCOC(c2ccccc2)C1. The van der Waals surface area contributed by atoms with Crippen LogP contribution in [-0.2, 0) is 17.8 Å². The third-order valence-corrected chi connectivity index (χ3v) is 6.74. The Morgan fingerprint density at radius 3 is 2.29 bits per heavy atom. The van der Waals surface area contributed by atoms with Gasteiger partial charge in [-0.15, -0.1) is 0 Å². The van der Waals surface area contributed by atoms with Crippen molar-refractivity contribution in [3.05, 3.63) is 94.0 Å². The molecular formula is C27H31N3O4. The van der Waals surface area contributed by atoms with Crippen LogP contribution in [0.25, 0.3) is 0 Å². The van der Waals surface area contributed by atoms with E-state index in [0.29, 0.717) is 43.9 Å². The third-order valence-electron chi connectivity index (χ3n) is 6.74. The van der Waals surface area contributed by atoms with Gasteiger partial charge in [0.1, 0.15) is 12.0 Å². The van der Waals surface area contributed by atoms with E-state index in [-0.39, 0.29) is 11.9 Å². The van der Waals surface area contributed by atoms with Gasteiger partial charge < -0.3 is 19.2 Å². The number of ether oxygens (including phenoxy) is 1. The molecule has 1 N–H and O–H groups in total. The van der Waals surface area contributed by atoms with E-state index in [1.807, 2.05) is 24.3 Å². The number of morpholine rings is 1. The number of rotatable bonds is 6. The second-order valence-electron chi connectivity index (χ2n) is 8.98.